The van der Waals surface area contributed by atoms with E-state index in [1.807, 2.05) is 30.3 Å². The molecular weight excluding hydrogens is 272 g/mol. The molecule has 2 amide bonds. The lowest BCUT2D eigenvalue weighted by Crippen LogP contribution is -2.47. The van der Waals surface area contributed by atoms with Gasteiger partial charge in [-0.3, -0.25) is 4.79 Å². The summed E-state index contributed by atoms with van der Waals surface area (Å²) in [5, 5.41) is 10.9. The third-order valence-electron chi connectivity index (χ3n) is 3.08. The third-order valence-corrected chi connectivity index (χ3v) is 3.08. The molecule has 1 fully saturated rings. The first-order valence-corrected chi connectivity index (χ1v) is 6.83. The zero-order valence-corrected chi connectivity index (χ0v) is 12.4. The van der Waals surface area contributed by atoms with E-state index >= 15 is 0 Å². The number of rotatable bonds is 2. The molecule has 1 aromatic carbocycles. The van der Waals surface area contributed by atoms with Gasteiger partial charge in [0.2, 0.25) is 0 Å². The van der Waals surface area contributed by atoms with Crippen molar-refractivity contribution >= 4 is 12.0 Å². The van der Waals surface area contributed by atoms with Crippen LogP contribution in [0.25, 0.3) is 0 Å². The molecule has 0 saturated carbocycles. The first-order chi connectivity index (χ1) is 9.78. The summed E-state index contributed by atoms with van der Waals surface area (Å²) in [5.74, 6) is -0.533. The number of benzene rings is 1. The van der Waals surface area contributed by atoms with Gasteiger partial charge in [-0.05, 0) is 26.3 Å². The molecule has 0 spiro atoms. The molecule has 0 radical (unpaired) electrons. The molecule has 1 heterocycles. The second-order valence-electron chi connectivity index (χ2n) is 6.00. The van der Waals surface area contributed by atoms with E-state index < -0.39 is 29.7 Å². The van der Waals surface area contributed by atoms with E-state index in [0.29, 0.717) is 0 Å². The zero-order valence-electron chi connectivity index (χ0n) is 12.4. The number of hydrogen-bond acceptors (Lipinski definition) is 4. The van der Waals surface area contributed by atoms with Crippen LogP contribution in [0.15, 0.2) is 30.3 Å². The van der Waals surface area contributed by atoms with E-state index in [-0.39, 0.29) is 6.42 Å². The van der Waals surface area contributed by atoms with Crippen molar-refractivity contribution in [1.29, 1.82) is 0 Å². The molecule has 1 saturated heterocycles. The van der Waals surface area contributed by atoms with Crippen LogP contribution in [-0.4, -0.2) is 33.8 Å². The number of nitrogens with one attached hydrogen (secondary N) is 1. The number of hydrogen-bond donors (Lipinski definition) is 2. The molecule has 0 aliphatic carbocycles. The second kappa shape index (κ2) is 5.73. The highest BCUT2D eigenvalue weighted by Crippen LogP contribution is 2.31. The maximum atomic E-state index is 12.0. The molecule has 1 aliphatic rings. The highest BCUT2D eigenvalue weighted by molar-refractivity contribution is 5.85. The highest BCUT2D eigenvalue weighted by atomic mass is 16.6. The van der Waals surface area contributed by atoms with Crippen molar-refractivity contribution in [1.82, 2.24) is 10.4 Å². The average molecular weight is 292 g/mol. The van der Waals surface area contributed by atoms with Crippen LogP contribution < -0.4 is 5.43 Å². The fourth-order valence-electron chi connectivity index (χ4n) is 2.22. The minimum atomic E-state index is -1.12. The smallest absolute Gasteiger partial charge is 0.426 e. The number of carbonyl (C=O) groups is 2. The normalized spacial score (nSPS) is 22.3. The number of ether oxygens (including phenoxy) is 1. The van der Waals surface area contributed by atoms with Crippen LogP contribution in [-0.2, 0) is 9.53 Å². The maximum absolute atomic E-state index is 12.0. The van der Waals surface area contributed by atoms with Gasteiger partial charge in [-0.25, -0.2) is 15.2 Å². The van der Waals surface area contributed by atoms with Crippen LogP contribution in [0.5, 0.6) is 0 Å². The van der Waals surface area contributed by atoms with Gasteiger partial charge in [-0.15, -0.1) is 0 Å². The minimum absolute atomic E-state index is 0.235. The standard InChI is InChI=1S/C15H20N2O4/c1-15(2,3)21-14(20)16-17-11(9-12(18)13(17)19)10-7-5-4-6-8-10/h4-8,11-12,18H,9H2,1-3H3,(H,16,20)/t11-,12+/m0/s1. The van der Waals surface area contributed by atoms with Crippen LogP contribution in [0.3, 0.4) is 0 Å². The van der Waals surface area contributed by atoms with E-state index in [1.54, 1.807) is 20.8 Å². The molecule has 2 atom stereocenters. The Hall–Kier alpha value is -2.08. The Morgan fingerprint density at radius 3 is 2.52 bits per heavy atom. The predicted molar refractivity (Wildman–Crippen MR) is 76.0 cm³/mol. The number of aliphatic hydroxyl groups excluding tert-OH is 1. The lowest BCUT2D eigenvalue weighted by Gasteiger charge is -2.27. The minimum Gasteiger partial charge on any atom is -0.443 e. The molecular formula is C15H20N2O4. The summed E-state index contributed by atoms with van der Waals surface area (Å²) in [6.07, 6.45) is -1.60. The molecule has 0 unspecified atom stereocenters. The van der Waals surface area contributed by atoms with Crippen molar-refractivity contribution in [3.8, 4) is 0 Å². The van der Waals surface area contributed by atoms with Crippen molar-refractivity contribution < 1.29 is 19.4 Å². The summed E-state index contributed by atoms with van der Waals surface area (Å²) in [6, 6.07) is 8.84. The van der Waals surface area contributed by atoms with Gasteiger partial charge >= 0.3 is 6.09 Å². The predicted octanol–water partition coefficient (Wildman–Crippen LogP) is 1.76. The number of nitrogens with zero attached hydrogens (tertiary/aromatic N) is 1. The molecule has 2 N–H and O–H groups in total. The van der Waals surface area contributed by atoms with Gasteiger partial charge in [0.25, 0.3) is 5.91 Å². The SMILES string of the molecule is CC(C)(C)OC(=O)NN1C(=O)[C@H](O)C[C@H]1c1ccccc1. The summed E-state index contributed by atoms with van der Waals surface area (Å²) in [6.45, 7) is 5.21. The first kappa shape index (κ1) is 15.3. The molecule has 2 rings (SSSR count). The molecule has 1 aliphatic heterocycles. The molecule has 21 heavy (non-hydrogen) atoms. The lowest BCUT2D eigenvalue weighted by molar-refractivity contribution is -0.138. The van der Waals surface area contributed by atoms with Crippen molar-refractivity contribution in [3.05, 3.63) is 35.9 Å². The van der Waals surface area contributed by atoms with Crippen LogP contribution in [0, 0.1) is 0 Å². The van der Waals surface area contributed by atoms with E-state index in [9.17, 15) is 14.7 Å². The van der Waals surface area contributed by atoms with E-state index in [1.165, 1.54) is 0 Å². The van der Waals surface area contributed by atoms with Gasteiger partial charge in [-0.1, -0.05) is 30.3 Å². The Labute approximate surface area is 123 Å². The number of hydrazine groups is 1. The summed E-state index contributed by atoms with van der Waals surface area (Å²) in [4.78, 5) is 23.8. The van der Waals surface area contributed by atoms with E-state index in [4.69, 9.17) is 4.74 Å². The second-order valence-corrected chi connectivity index (χ2v) is 6.00. The van der Waals surface area contributed by atoms with E-state index in [2.05, 4.69) is 5.43 Å². The van der Waals surface area contributed by atoms with Gasteiger partial charge in [0.05, 0.1) is 6.04 Å². The Morgan fingerprint density at radius 1 is 1.33 bits per heavy atom. The fourth-order valence-corrected chi connectivity index (χ4v) is 2.22. The lowest BCUT2D eigenvalue weighted by atomic mass is 10.0. The number of aliphatic hydroxyl groups is 1. The number of carbonyl (C=O) groups excluding carboxylic acids is 2. The molecule has 6 nitrogen and oxygen atoms in total. The van der Waals surface area contributed by atoms with Crippen molar-refractivity contribution in [2.24, 2.45) is 0 Å². The zero-order chi connectivity index (χ0) is 15.6. The molecule has 0 aromatic heterocycles. The Morgan fingerprint density at radius 2 is 1.95 bits per heavy atom. The van der Waals surface area contributed by atoms with Crippen LogP contribution >= 0.6 is 0 Å². The largest absolute Gasteiger partial charge is 0.443 e. The monoisotopic (exact) mass is 292 g/mol. The van der Waals surface area contributed by atoms with E-state index in [0.717, 1.165) is 10.6 Å². The molecule has 114 valence electrons. The maximum Gasteiger partial charge on any atom is 0.426 e. The van der Waals surface area contributed by atoms with Crippen LogP contribution in [0.4, 0.5) is 4.79 Å². The average Bonchev–Trinajstić information content (AvgIpc) is 2.66. The third kappa shape index (κ3) is 3.72. The topological polar surface area (TPSA) is 78.9 Å². The Balaban J connectivity index is 2.14. The van der Waals surface area contributed by atoms with Crippen molar-refractivity contribution in [2.45, 2.75) is 44.9 Å². The van der Waals surface area contributed by atoms with Gasteiger partial charge < -0.3 is 9.84 Å². The Kier molecular flexibility index (Phi) is 4.18. The molecule has 1 aromatic rings. The van der Waals surface area contributed by atoms with Crippen molar-refractivity contribution in [2.75, 3.05) is 0 Å². The Bertz CT molecular complexity index is 524. The van der Waals surface area contributed by atoms with Crippen molar-refractivity contribution in [3.63, 3.8) is 0 Å². The summed E-state index contributed by atoms with van der Waals surface area (Å²) >= 11 is 0. The van der Waals surface area contributed by atoms with Gasteiger partial charge in [0, 0.05) is 6.42 Å². The molecule has 0 bridgehead atoms. The van der Waals surface area contributed by atoms with Gasteiger partial charge in [-0.2, -0.15) is 0 Å². The fraction of sp³-hybridized carbons (Fsp3) is 0.467. The summed E-state index contributed by atoms with van der Waals surface area (Å²) in [7, 11) is 0. The van der Waals surface area contributed by atoms with Gasteiger partial charge in [0.1, 0.15) is 11.7 Å². The van der Waals surface area contributed by atoms with Gasteiger partial charge in [0.15, 0.2) is 0 Å². The summed E-state index contributed by atoms with van der Waals surface area (Å²) < 4.78 is 5.14. The summed E-state index contributed by atoms with van der Waals surface area (Å²) in [5.41, 5.74) is 2.61. The number of amides is 2. The van der Waals surface area contributed by atoms with Crippen LogP contribution in [0.2, 0.25) is 0 Å². The first-order valence-electron chi connectivity index (χ1n) is 6.83. The van der Waals surface area contributed by atoms with Crippen LogP contribution in [0.1, 0.15) is 38.8 Å². The molecule has 6 heteroatoms. The highest BCUT2D eigenvalue weighted by Gasteiger charge is 2.41. The quantitative estimate of drug-likeness (QED) is 0.870.